The minimum atomic E-state index is -0.369. The van der Waals surface area contributed by atoms with Crippen LogP contribution in [0.5, 0.6) is 5.75 Å². The Bertz CT molecular complexity index is 1150. The summed E-state index contributed by atoms with van der Waals surface area (Å²) in [6, 6.07) is 20.4. The van der Waals surface area contributed by atoms with Crippen LogP contribution in [0.3, 0.4) is 0 Å². The number of halogens is 2. The van der Waals surface area contributed by atoms with E-state index in [1.165, 1.54) is 12.1 Å². The zero-order chi connectivity index (χ0) is 21.8. The summed E-state index contributed by atoms with van der Waals surface area (Å²) in [5.41, 5.74) is 2.42. The van der Waals surface area contributed by atoms with Crippen LogP contribution < -0.4 is 4.74 Å². The smallest absolute Gasteiger partial charge is 0.293 e. The third kappa shape index (κ3) is 5.34. The van der Waals surface area contributed by atoms with Crippen molar-refractivity contribution in [1.82, 2.24) is 4.90 Å². The fourth-order valence-electron chi connectivity index (χ4n) is 3.00. The Kier molecular flexibility index (Phi) is 6.39. The van der Waals surface area contributed by atoms with E-state index in [-0.39, 0.29) is 23.5 Å². The molecule has 0 aliphatic carbocycles. The Morgan fingerprint density at radius 1 is 0.968 bits per heavy atom. The van der Waals surface area contributed by atoms with Gasteiger partial charge in [0, 0.05) is 5.02 Å². The van der Waals surface area contributed by atoms with E-state index in [9.17, 15) is 14.0 Å². The molecule has 156 valence electrons. The van der Waals surface area contributed by atoms with Crippen molar-refractivity contribution in [3.05, 3.63) is 105 Å². The Balaban J connectivity index is 1.44. The Labute approximate surface area is 188 Å². The summed E-state index contributed by atoms with van der Waals surface area (Å²) in [7, 11) is 0. The predicted molar refractivity (Wildman–Crippen MR) is 120 cm³/mol. The molecule has 0 atom stereocenters. The minimum Gasteiger partial charge on any atom is -0.489 e. The van der Waals surface area contributed by atoms with E-state index in [4.69, 9.17) is 16.3 Å². The number of ether oxygens (including phenoxy) is 1. The summed E-state index contributed by atoms with van der Waals surface area (Å²) < 4.78 is 18.9. The Morgan fingerprint density at radius 2 is 1.68 bits per heavy atom. The summed E-state index contributed by atoms with van der Waals surface area (Å²) in [4.78, 5) is 26.5. The lowest BCUT2D eigenvalue weighted by molar-refractivity contribution is -0.123. The quantitative estimate of drug-likeness (QED) is 0.411. The van der Waals surface area contributed by atoms with Gasteiger partial charge in [-0.05, 0) is 70.9 Å². The average molecular weight is 454 g/mol. The maximum atomic E-state index is 13.1. The molecule has 7 heteroatoms. The number of hydrogen-bond acceptors (Lipinski definition) is 4. The topological polar surface area (TPSA) is 46.6 Å². The van der Waals surface area contributed by atoms with Crippen molar-refractivity contribution in [2.24, 2.45) is 0 Å². The van der Waals surface area contributed by atoms with E-state index in [0.29, 0.717) is 27.8 Å². The van der Waals surface area contributed by atoms with Crippen molar-refractivity contribution in [3.8, 4) is 5.75 Å². The van der Waals surface area contributed by atoms with E-state index in [1.807, 2.05) is 36.4 Å². The van der Waals surface area contributed by atoms with E-state index in [0.717, 1.165) is 27.8 Å². The van der Waals surface area contributed by atoms with Gasteiger partial charge in [0.2, 0.25) is 0 Å². The molecule has 3 aromatic rings. The number of benzene rings is 3. The standard InChI is InChI=1S/C24H17ClFNO3S/c25-19-8-4-17(5-9-19)15-30-21-3-1-2-18(12-21)13-22-23(28)27(24(29)31-22)14-16-6-10-20(26)11-7-16/h1-13H,14-15H2/b22-13-. The normalized spacial score (nSPS) is 15.0. The van der Waals surface area contributed by atoms with Gasteiger partial charge in [-0.3, -0.25) is 14.5 Å². The largest absolute Gasteiger partial charge is 0.489 e. The van der Waals surface area contributed by atoms with Gasteiger partial charge in [-0.15, -0.1) is 0 Å². The molecule has 1 saturated heterocycles. The number of carbonyl (C=O) groups is 2. The van der Waals surface area contributed by atoms with Crippen molar-refractivity contribution in [2.45, 2.75) is 13.2 Å². The fraction of sp³-hybridized carbons (Fsp3) is 0.0833. The van der Waals surface area contributed by atoms with Crippen LogP contribution in [-0.4, -0.2) is 16.0 Å². The SMILES string of the molecule is O=C1S/C(=C\c2cccc(OCc3ccc(Cl)cc3)c2)C(=O)N1Cc1ccc(F)cc1. The first-order valence-electron chi connectivity index (χ1n) is 9.45. The van der Waals surface area contributed by atoms with E-state index in [2.05, 4.69) is 0 Å². The van der Waals surface area contributed by atoms with Gasteiger partial charge in [0.05, 0.1) is 11.4 Å². The zero-order valence-corrected chi connectivity index (χ0v) is 17.8. The second kappa shape index (κ2) is 9.37. The maximum Gasteiger partial charge on any atom is 0.293 e. The number of amides is 2. The molecular weight excluding hydrogens is 437 g/mol. The van der Waals surface area contributed by atoms with Gasteiger partial charge in [-0.1, -0.05) is 48.0 Å². The third-order valence-corrected chi connectivity index (χ3v) is 5.76. The molecule has 0 unspecified atom stereocenters. The predicted octanol–water partition coefficient (Wildman–Crippen LogP) is 6.29. The average Bonchev–Trinajstić information content (AvgIpc) is 3.02. The van der Waals surface area contributed by atoms with Crippen LogP contribution in [0.15, 0.2) is 77.7 Å². The number of nitrogens with zero attached hydrogens (tertiary/aromatic N) is 1. The number of imide groups is 1. The van der Waals surface area contributed by atoms with E-state index in [1.54, 1.807) is 30.3 Å². The molecule has 0 bridgehead atoms. The second-order valence-corrected chi connectivity index (χ2v) is 8.31. The molecule has 0 spiro atoms. The van der Waals surface area contributed by atoms with E-state index >= 15 is 0 Å². The first kappa shape index (κ1) is 21.2. The highest BCUT2D eigenvalue weighted by atomic mass is 35.5. The minimum absolute atomic E-state index is 0.104. The number of carbonyl (C=O) groups excluding carboxylic acids is 2. The Hall–Kier alpha value is -3.09. The van der Waals surface area contributed by atoms with Crippen molar-refractivity contribution < 1.29 is 18.7 Å². The lowest BCUT2D eigenvalue weighted by Gasteiger charge is -2.12. The van der Waals surface area contributed by atoms with Crippen LogP contribution >= 0.6 is 23.4 Å². The van der Waals surface area contributed by atoms with Gasteiger partial charge in [0.15, 0.2) is 0 Å². The molecule has 0 aromatic heterocycles. The van der Waals surface area contributed by atoms with Crippen LogP contribution in [0.1, 0.15) is 16.7 Å². The highest BCUT2D eigenvalue weighted by Crippen LogP contribution is 2.33. The van der Waals surface area contributed by atoms with Crippen LogP contribution in [0.4, 0.5) is 9.18 Å². The highest BCUT2D eigenvalue weighted by molar-refractivity contribution is 8.18. The van der Waals surface area contributed by atoms with Gasteiger partial charge >= 0.3 is 0 Å². The van der Waals surface area contributed by atoms with Crippen LogP contribution in [-0.2, 0) is 17.9 Å². The lowest BCUT2D eigenvalue weighted by atomic mass is 10.2. The van der Waals surface area contributed by atoms with Crippen LogP contribution in [0.2, 0.25) is 5.02 Å². The van der Waals surface area contributed by atoms with Crippen molar-refractivity contribution >= 4 is 40.6 Å². The maximum absolute atomic E-state index is 13.1. The Morgan fingerprint density at radius 3 is 2.42 bits per heavy atom. The van der Waals surface area contributed by atoms with Gasteiger partial charge in [0.1, 0.15) is 18.2 Å². The molecular formula is C24H17ClFNO3S. The van der Waals surface area contributed by atoms with Crippen LogP contribution in [0.25, 0.3) is 6.08 Å². The van der Waals surface area contributed by atoms with Gasteiger partial charge < -0.3 is 4.74 Å². The molecule has 31 heavy (non-hydrogen) atoms. The molecule has 3 aromatic carbocycles. The molecule has 0 radical (unpaired) electrons. The molecule has 0 saturated carbocycles. The second-order valence-electron chi connectivity index (χ2n) is 6.88. The molecule has 2 amide bonds. The highest BCUT2D eigenvalue weighted by Gasteiger charge is 2.34. The summed E-state index contributed by atoms with van der Waals surface area (Å²) in [6.45, 7) is 0.487. The van der Waals surface area contributed by atoms with Crippen molar-refractivity contribution in [3.63, 3.8) is 0 Å². The number of rotatable bonds is 6. The summed E-state index contributed by atoms with van der Waals surface area (Å²) in [6.07, 6.45) is 1.67. The monoisotopic (exact) mass is 453 g/mol. The summed E-state index contributed by atoms with van der Waals surface area (Å²) in [5.74, 6) is -0.0861. The first-order chi connectivity index (χ1) is 15.0. The summed E-state index contributed by atoms with van der Waals surface area (Å²) >= 11 is 6.78. The zero-order valence-electron chi connectivity index (χ0n) is 16.3. The van der Waals surface area contributed by atoms with Gasteiger partial charge in [-0.2, -0.15) is 0 Å². The molecule has 1 aliphatic heterocycles. The van der Waals surface area contributed by atoms with Crippen LogP contribution in [0, 0.1) is 5.82 Å². The molecule has 1 aliphatic rings. The first-order valence-corrected chi connectivity index (χ1v) is 10.6. The van der Waals surface area contributed by atoms with Crippen molar-refractivity contribution in [1.29, 1.82) is 0 Å². The van der Waals surface area contributed by atoms with Gasteiger partial charge in [0.25, 0.3) is 11.1 Å². The fourth-order valence-corrected chi connectivity index (χ4v) is 3.97. The third-order valence-electron chi connectivity index (χ3n) is 4.60. The molecule has 1 heterocycles. The van der Waals surface area contributed by atoms with Gasteiger partial charge in [-0.25, -0.2) is 4.39 Å². The molecule has 4 nitrogen and oxygen atoms in total. The van der Waals surface area contributed by atoms with E-state index < -0.39 is 0 Å². The summed E-state index contributed by atoms with van der Waals surface area (Å²) in [5, 5.41) is 0.315. The molecule has 0 N–H and O–H groups in total. The number of hydrogen-bond donors (Lipinski definition) is 0. The molecule has 4 rings (SSSR count). The molecule has 1 fully saturated rings. The van der Waals surface area contributed by atoms with Crippen molar-refractivity contribution in [2.75, 3.05) is 0 Å². The lowest BCUT2D eigenvalue weighted by Crippen LogP contribution is -2.27. The number of thioether (sulfide) groups is 1.